The first-order valence-electron chi connectivity index (χ1n) is 5.33. The molecule has 0 spiro atoms. The molecule has 0 aliphatic heterocycles. The molecule has 0 atom stereocenters. The van der Waals surface area contributed by atoms with Crippen molar-refractivity contribution in [2.24, 2.45) is 0 Å². The molecule has 1 N–H and O–H groups in total. The summed E-state index contributed by atoms with van der Waals surface area (Å²) in [6, 6.07) is 2.59. The quantitative estimate of drug-likeness (QED) is 0.581. The van der Waals surface area contributed by atoms with E-state index in [1.807, 2.05) is 0 Å². The number of anilines is 2. The Bertz CT molecular complexity index is 665. The number of alkyl halides is 3. The number of benzene rings is 1. The van der Waals surface area contributed by atoms with E-state index in [2.05, 4.69) is 10.3 Å². The van der Waals surface area contributed by atoms with Crippen molar-refractivity contribution in [2.75, 3.05) is 5.32 Å². The predicted molar refractivity (Wildman–Crippen MR) is 68.9 cm³/mol. The molecule has 21 heavy (non-hydrogen) atoms. The molecule has 0 amide bonds. The van der Waals surface area contributed by atoms with Gasteiger partial charge < -0.3 is 5.32 Å². The molecule has 1 aromatic heterocycles. The van der Waals surface area contributed by atoms with Crippen LogP contribution in [0.5, 0.6) is 0 Å². The average Bonchev–Trinajstić information content (AvgIpc) is 2.32. The number of hydrogen-bond acceptors (Lipinski definition) is 2. The van der Waals surface area contributed by atoms with Crippen LogP contribution in [0.4, 0.5) is 33.5 Å². The van der Waals surface area contributed by atoms with E-state index in [4.69, 9.17) is 23.2 Å². The molecule has 0 aliphatic rings. The van der Waals surface area contributed by atoms with Crippen LogP contribution < -0.4 is 5.32 Å². The minimum atomic E-state index is -4.64. The summed E-state index contributed by atoms with van der Waals surface area (Å²) in [4.78, 5) is 3.58. The second kappa shape index (κ2) is 5.65. The van der Waals surface area contributed by atoms with Crippen LogP contribution in [0.25, 0.3) is 0 Å². The van der Waals surface area contributed by atoms with Gasteiger partial charge >= 0.3 is 6.18 Å². The van der Waals surface area contributed by atoms with Crippen molar-refractivity contribution in [3.05, 3.63) is 51.6 Å². The van der Waals surface area contributed by atoms with E-state index in [1.165, 1.54) is 0 Å². The standard InChI is InChI=1S/C12H5Cl2F5N2/c13-7-3-6(15)4-8(16)11(7)21-10-2-5(12(17,18)19)1-9(14)20-10/h1-4H,(H,20,21). The molecule has 9 heteroatoms. The highest BCUT2D eigenvalue weighted by Gasteiger charge is 2.31. The van der Waals surface area contributed by atoms with Crippen LogP contribution in [0.15, 0.2) is 24.3 Å². The van der Waals surface area contributed by atoms with Gasteiger partial charge in [0.1, 0.15) is 16.8 Å². The van der Waals surface area contributed by atoms with E-state index in [0.717, 1.165) is 6.07 Å². The SMILES string of the molecule is Fc1cc(F)c(Nc2cc(C(F)(F)F)cc(Cl)n2)c(Cl)c1. The molecule has 2 rings (SSSR count). The fraction of sp³-hybridized carbons (Fsp3) is 0.0833. The third-order valence-electron chi connectivity index (χ3n) is 2.38. The second-order valence-electron chi connectivity index (χ2n) is 3.93. The fourth-order valence-corrected chi connectivity index (χ4v) is 1.96. The molecule has 0 bridgehead atoms. The lowest BCUT2D eigenvalue weighted by Crippen LogP contribution is -2.07. The molecule has 1 aromatic carbocycles. The summed E-state index contributed by atoms with van der Waals surface area (Å²) in [5.74, 6) is -2.37. The normalized spacial score (nSPS) is 11.6. The van der Waals surface area contributed by atoms with Crippen LogP contribution >= 0.6 is 23.2 Å². The maximum absolute atomic E-state index is 13.6. The highest BCUT2D eigenvalue weighted by Crippen LogP contribution is 2.34. The smallest absolute Gasteiger partial charge is 0.337 e. The molecule has 0 saturated heterocycles. The van der Waals surface area contributed by atoms with Crippen molar-refractivity contribution < 1.29 is 22.0 Å². The Kier molecular flexibility index (Phi) is 4.25. The summed E-state index contributed by atoms with van der Waals surface area (Å²) in [6.07, 6.45) is -4.64. The number of aromatic nitrogens is 1. The number of nitrogens with zero attached hydrogens (tertiary/aromatic N) is 1. The van der Waals surface area contributed by atoms with E-state index in [0.29, 0.717) is 18.2 Å². The first-order valence-corrected chi connectivity index (χ1v) is 6.09. The monoisotopic (exact) mass is 342 g/mol. The Hall–Kier alpha value is -1.60. The molecule has 0 saturated carbocycles. The summed E-state index contributed by atoms with van der Waals surface area (Å²) < 4.78 is 64.4. The molecular weight excluding hydrogens is 338 g/mol. The van der Waals surface area contributed by atoms with Gasteiger partial charge in [-0.2, -0.15) is 13.2 Å². The zero-order chi connectivity index (χ0) is 15.8. The van der Waals surface area contributed by atoms with Gasteiger partial charge in [-0.05, 0) is 18.2 Å². The van der Waals surface area contributed by atoms with Gasteiger partial charge in [0.05, 0.1) is 16.3 Å². The third kappa shape index (κ3) is 3.74. The van der Waals surface area contributed by atoms with E-state index in [-0.39, 0.29) is 10.8 Å². The van der Waals surface area contributed by atoms with Crippen LogP contribution in [0.3, 0.4) is 0 Å². The Balaban J connectivity index is 2.43. The maximum atomic E-state index is 13.6. The Morgan fingerprint density at radius 2 is 1.67 bits per heavy atom. The van der Waals surface area contributed by atoms with Crippen LogP contribution in [0, 0.1) is 11.6 Å². The molecule has 0 fully saturated rings. The van der Waals surface area contributed by atoms with Crippen molar-refractivity contribution >= 4 is 34.7 Å². The summed E-state index contributed by atoms with van der Waals surface area (Å²) >= 11 is 11.1. The number of hydrogen-bond donors (Lipinski definition) is 1. The van der Waals surface area contributed by atoms with Gasteiger partial charge in [0.2, 0.25) is 0 Å². The maximum Gasteiger partial charge on any atom is 0.416 e. The molecule has 0 aliphatic carbocycles. The highest BCUT2D eigenvalue weighted by molar-refractivity contribution is 6.33. The van der Waals surface area contributed by atoms with Gasteiger partial charge in [-0.15, -0.1) is 0 Å². The molecule has 2 nitrogen and oxygen atoms in total. The summed E-state index contributed by atoms with van der Waals surface area (Å²) in [7, 11) is 0. The van der Waals surface area contributed by atoms with Crippen molar-refractivity contribution in [3.8, 4) is 0 Å². The number of halogens is 7. The summed E-state index contributed by atoms with van der Waals surface area (Å²) in [6.45, 7) is 0. The van der Waals surface area contributed by atoms with Gasteiger partial charge in [-0.3, -0.25) is 0 Å². The topological polar surface area (TPSA) is 24.9 Å². The molecule has 0 radical (unpaired) electrons. The molecular formula is C12H5Cl2F5N2. The van der Waals surface area contributed by atoms with Crippen molar-refractivity contribution in [1.82, 2.24) is 4.98 Å². The number of pyridine rings is 1. The summed E-state index contributed by atoms with van der Waals surface area (Å²) in [5, 5.41) is 1.47. The van der Waals surface area contributed by atoms with E-state index in [9.17, 15) is 22.0 Å². The molecule has 0 unspecified atom stereocenters. The van der Waals surface area contributed by atoms with E-state index < -0.39 is 34.2 Å². The zero-order valence-corrected chi connectivity index (χ0v) is 11.4. The third-order valence-corrected chi connectivity index (χ3v) is 2.87. The minimum absolute atomic E-state index is 0.345. The van der Waals surface area contributed by atoms with Crippen LogP contribution in [-0.2, 0) is 6.18 Å². The Morgan fingerprint density at radius 1 is 1.00 bits per heavy atom. The molecule has 2 aromatic rings. The average molecular weight is 343 g/mol. The van der Waals surface area contributed by atoms with Gasteiger partial charge in [-0.1, -0.05) is 23.2 Å². The predicted octanol–water partition coefficient (Wildman–Crippen LogP) is 5.43. The molecule has 112 valence electrons. The lowest BCUT2D eigenvalue weighted by molar-refractivity contribution is -0.137. The molecule has 1 heterocycles. The fourth-order valence-electron chi connectivity index (χ4n) is 1.51. The number of rotatable bonds is 2. The Labute approximate surface area is 125 Å². The van der Waals surface area contributed by atoms with Crippen molar-refractivity contribution in [1.29, 1.82) is 0 Å². The zero-order valence-electron chi connectivity index (χ0n) is 9.90. The van der Waals surface area contributed by atoms with Gasteiger partial charge in [-0.25, -0.2) is 13.8 Å². The van der Waals surface area contributed by atoms with Crippen LogP contribution in [0.1, 0.15) is 5.56 Å². The second-order valence-corrected chi connectivity index (χ2v) is 4.73. The van der Waals surface area contributed by atoms with Crippen molar-refractivity contribution in [3.63, 3.8) is 0 Å². The van der Waals surface area contributed by atoms with Crippen molar-refractivity contribution in [2.45, 2.75) is 6.18 Å². The first kappa shape index (κ1) is 15.8. The highest BCUT2D eigenvalue weighted by atomic mass is 35.5. The lowest BCUT2D eigenvalue weighted by Gasteiger charge is -2.12. The van der Waals surface area contributed by atoms with Crippen LogP contribution in [0.2, 0.25) is 10.2 Å². The summed E-state index contributed by atoms with van der Waals surface area (Å²) in [5.41, 5.74) is -1.47. The largest absolute Gasteiger partial charge is 0.416 e. The lowest BCUT2D eigenvalue weighted by atomic mass is 10.2. The van der Waals surface area contributed by atoms with Gasteiger partial charge in [0, 0.05) is 6.07 Å². The first-order chi connectivity index (χ1) is 9.66. The van der Waals surface area contributed by atoms with E-state index in [1.54, 1.807) is 0 Å². The Morgan fingerprint density at radius 3 is 2.24 bits per heavy atom. The minimum Gasteiger partial charge on any atom is -0.337 e. The van der Waals surface area contributed by atoms with Crippen LogP contribution in [-0.4, -0.2) is 4.98 Å². The van der Waals surface area contributed by atoms with E-state index >= 15 is 0 Å². The van der Waals surface area contributed by atoms with Gasteiger partial charge in [0.15, 0.2) is 5.82 Å². The van der Waals surface area contributed by atoms with Gasteiger partial charge in [0.25, 0.3) is 0 Å². The number of nitrogens with one attached hydrogen (secondary N) is 1.